The number of likely N-dealkylation sites (tertiary alicyclic amines) is 1. The third-order valence-corrected chi connectivity index (χ3v) is 15.3. The lowest BCUT2D eigenvalue weighted by atomic mass is 9.64. The van der Waals surface area contributed by atoms with Gasteiger partial charge in [-0.2, -0.15) is 0 Å². The molecule has 1 saturated carbocycles. The van der Waals surface area contributed by atoms with Crippen LogP contribution in [0, 0.1) is 23.7 Å². The maximum Gasteiger partial charge on any atom is 0.272 e. The second-order valence-corrected chi connectivity index (χ2v) is 19.0. The molecule has 2 aliphatic carbocycles. The van der Waals surface area contributed by atoms with Crippen molar-refractivity contribution in [3.05, 3.63) is 58.1 Å². The fourth-order valence-corrected chi connectivity index (χ4v) is 11.2. The summed E-state index contributed by atoms with van der Waals surface area (Å²) in [5.74, 6) is -2.11. The molecule has 1 amide bonds. The largest absolute Gasteiger partial charge is 0.490 e. The van der Waals surface area contributed by atoms with Gasteiger partial charge in [0.1, 0.15) is 5.75 Å². The van der Waals surface area contributed by atoms with Gasteiger partial charge in [-0.15, -0.1) is 0 Å². The first-order chi connectivity index (χ1) is 24.8. The van der Waals surface area contributed by atoms with Crippen LogP contribution < -0.4 is 14.4 Å². The molecule has 52 heavy (non-hydrogen) atoms. The Hall–Kier alpha value is -2.51. The van der Waals surface area contributed by atoms with Crippen molar-refractivity contribution in [1.29, 1.82) is 0 Å². The van der Waals surface area contributed by atoms with E-state index in [0.717, 1.165) is 62.2 Å². The van der Waals surface area contributed by atoms with Crippen LogP contribution in [0.3, 0.4) is 0 Å². The molecule has 2 bridgehead atoms. The van der Waals surface area contributed by atoms with Crippen molar-refractivity contribution in [2.24, 2.45) is 23.7 Å². The zero-order chi connectivity index (χ0) is 36.4. The minimum Gasteiger partial charge on any atom is -0.490 e. The van der Waals surface area contributed by atoms with Crippen LogP contribution in [0.15, 0.2) is 36.4 Å². The molecule has 284 valence electrons. The summed E-state index contributed by atoms with van der Waals surface area (Å²) in [6.07, 6.45) is 6.74. The third-order valence-electron chi connectivity index (χ3n) is 13.1. The average Bonchev–Trinajstić information content (AvgIpc) is 3.24. The number of benzene rings is 2. The van der Waals surface area contributed by atoms with Crippen LogP contribution in [0.1, 0.15) is 80.3 Å². The summed E-state index contributed by atoms with van der Waals surface area (Å²) < 4.78 is 76.1. The molecule has 13 heteroatoms. The predicted octanol–water partition coefficient (Wildman–Crippen LogP) is 6.42. The number of nitrogens with zero attached hydrogens (tertiary/aromatic N) is 2. The van der Waals surface area contributed by atoms with Crippen LogP contribution in [0.2, 0.25) is 5.02 Å². The molecule has 2 aromatic carbocycles. The number of nitrogens with one attached hydrogen (secondary N) is 1. The number of ether oxygens (including phenoxy) is 3. The van der Waals surface area contributed by atoms with Gasteiger partial charge in [-0.05, 0) is 111 Å². The maximum atomic E-state index is 13.6. The summed E-state index contributed by atoms with van der Waals surface area (Å²) in [5, 5.41) is -0.0603. The second kappa shape index (κ2) is 14.0. The highest BCUT2D eigenvalue weighted by Gasteiger charge is 2.50. The summed E-state index contributed by atoms with van der Waals surface area (Å²) >= 11 is 6.46. The molecule has 4 heterocycles. The monoisotopic (exact) mass is 761 g/mol. The number of alkyl halides is 2. The Morgan fingerprint density at radius 3 is 2.46 bits per heavy atom. The van der Waals surface area contributed by atoms with E-state index in [0.29, 0.717) is 50.4 Å². The Bertz CT molecular complexity index is 1780. The second-order valence-electron chi connectivity index (χ2n) is 16.5. The maximum absolute atomic E-state index is 13.6. The number of hydrogen-bond donors (Lipinski definition) is 1. The number of halogens is 3. The number of rotatable bonds is 2. The van der Waals surface area contributed by atoms with Gasteiger partial charge in [0, 0.05) is 35.0 Å². The number of aryl methyl sites for hydroxylation is 1. The molecular formula is C39H50ClF2N3O6S. The number of amides is 1. The molecule has 4 aliphatic heterocycles. The van der Waals surface area contributed by atoms with Gasteiger partial charge in [0.2, 0.25) is 10.0 Å². The van der Waals surface area contributed by atoms with Gasteiger partial charge in [-0.3, -0.25) is 9.69 Å². The molecule has 0 radical (unpaired) electrons. The van der Waals surface area contributed by atoms with E-state index in [1.165, 1.54) is 11.1 Å². The molecule has 9 nitrogen and oxygen atoms in total. The lowest BCUT2D eigenvalue weighted by Gasteiger charge is -2.50. The number of fused-ring (bicyclic) bond motifs is 4. The molecule has 2 saturated heterocycles. The molecule has 1 spiro atoms. The van der Waals surface area contributed by atoms with Crippen molar-refractivity contribution in [2.75, 3.05) is 50.9 Å². The summed E-state index contributed by atoms with van der Waals surface area (Å²) in [6, 6.07) is 11.2. The average molecular weight is 762 g/mol. The lowest BCUT2D eigenvalue weighted by molar-refractivity contribution is -0.260. The number of sulfonamides is 1. The van der Waals surface area contributed by atoms with Gasteiger partial charge in [-0.1, -0.05) is 31.0 Å². The van der Waals surface area contributed by atoms with Crippen molar-refractivity contribution >= 4 is 33.2 Å². The van der Waals surface area contributed by atoms with Crippen molar-refractivity contribution in [1.82, 2.24) is 9.62 Å². The minimum absolute atomic E-state index is 0.0739. The molecular weight excluding hydrogens is 712 g/mol. The Kier molecular flexibility index (Phi) is 9.79. The van der Waals surface area contributed by atoms with E-state index in [2.05, 4.69) is 21.8 Å². The molecule has 2 aromatic rings. The van der Waals surface area contributed by atoms with Crippen LogP contribution in [0.5, 0.6) is 5.75 Å². The fourth-order valence-electron chi connectivity index (χ4n) is 9.74. The van der Waals surface area contributed by atoms with Crippen molar-refractivity contribution < 1.29 is 36.2 Å². The van der Waals surface area contributed by atoms with E-state index in [9.17, 15) is 22.0 Å². The normalized spacial score (nSPS) is 36.2. The summed E-state index contributed by atoms with van der Waals surface area (Å²) in [4.78, 5) is 17.7. The van der Waals surface area contributed by atoms with Crippen molar-refractivity contribution in [3.63, 3.8) is 0 Å². The topological polar surface area (TPSA) is 97.4 Å². The van der Waals surface area contributed by atoms with Gasteiger partial charge >= 0.3 is 0 Å². The van der Waals surface area contributed by atoms with Gasteiger partial charge in [-0.25, -0.2) is 21.9 Å². The first-order valence-corrected chi connectivity index (χ1v) is 20.9. The van der Waals surface area contributed by atoms with Gasteiger partial charge in [0.05, 0.1) is 49.9 Å². The van der Waals surface area contributed by atoms with E-state index in [1.807, 2.05) is 13.0 Å². The first kappa shape index (κ1) is 36.5. The molecule has 6 atom stereocenters. The molecule has 3 fully saturated rings. The Morgan fingerprint density at radius 1 is 0.942 bits per heavy atom. The van der Waals surface area contributed by atoms with Crippen molar-refractivity contribution in [2.45, 2.75) is 94.1 Å². The number of carbonyl (C=O) groups is 1. The Labute approximate surface area is 310 Å². The van der Waals surface area contributed by atoms with E-state index < -0.39 is 33.4 Å². The molecule has 6 aliphatic rings. The van der Waals surface area contributed by atoms with Crippen LogP contribution in [-0.4, -0.2) is 88.7 Å². The smallest absolute Gasteiger partial charge is 0.272 e. The van der Waals surface area contributed by atoms with Crippen LogP contribution in [-0.2, 0) is 31.3 Å². The van der Waals surface area contributed by atoms with E-state index in [-0.39, 0.29) is 41.9 Å². The number of anilines is 1. The highest BCUT2D eigenvalue weighted by molar-refractivity contribution is 7.90. The van der Waals surface area contributed by atoms with Gasteiger partial charge in [0.25, 0.3) is 11.8 Å². The minimum atomic E-state index is -3.96. The number of hydrogen-bond acceptors (Lipinski definition) is 8. The summed E-state index contributed by atoms with van der Waals surface area (Å²) in [5.41, 5.74) is 3.25. The quantitative estimate of drug-likeness (QED) is 0.375. The molecule has 1 N–H and O–H groups in total. The number of carbonyl (C=O) groups excluding carboxylic acids is 1. The highest BCUT2D eigenvalue weighted by atomic mass is 35.5. The molecule has 8 rings (SSSR count). The standard InChI is InChI=1S/C39H50ClF2N3O6S/c1-24-5-3-7-32(37-49-18-30(19-50-37)45-21-39(41,42)22-45)31-11-8-28(31)17-44-20-38(14-4-6-26-15-29(40)10-12-33(26)38)23-51-35-13-9-27(16-34(35)44)36(46)43-52(47,48)25(24)2/h9-10,12-13,15-16,24-25,28,30-32,37H,3-8,11,14,17-23H2,1-2H3,(H,43,46)/t24-,25+,28-,30-,31+,32+,37-,38-/m0/s1. The molecule has 0 unspecified atom stereocenters. The predicted molar refractivity (Wildman–Crippen MR) is 195 cm³/mol. The third kappa shape index (κ3) is 6.95. The zero-order valence-corrected chi connectivity index (χ0v) is 31.6. The van der Waals surface area contributed by atoms with Crippen LogP contribution in [0.25, 0.3) is 0 Å². The lowest BCUT2D eigenvalue weighted by Crippen LogP contribution is -2.63. The molecule has 0 aromatic heterocycles. The first-order valence-electron chi connectivity index (χ1n) is 19.0. The van der Waals surface area contributed by atoms with Gasteiger partial charge < -0.3 is 19.1 Å². The fraction of sp³-hybridized carbons (Fsp3) is 0.667. The van der Waals surface area contributed by atoms with Gasteiger partial charge in [0.15, 0.2) is 6.29 Å². The SMILES string of the molecule is C[C@@H]1[C@@H](C)CCC[C@@H]([C@H]2OC[C@H](N3CC(F)(F)C3)CO2)[C@@H]2CC[C@H]2CN2C[C@@]3(CCCc4cc(Cl)ccc43)COc3ccc(cc32)C(=O)NS1(=O)=O. The van der Waals surface area contributed by atoms with E-state index in [1.54, 1.807) is 30.0 Å². The zero-order valence-electron chi connectivity index (χ0n) is 30.0. The Balaban J connectivity index is 1.13. The highest BCUT2D eigenvalue weighted by Crippen LogP contribution is 2.49. The van der Waals surface area contributed by atoms with Crippen molar-refractivity contribution in [3.8, 4) is 5.75 Å². The van der Waals surface area contributed by atoms with Crippen LogP contribution >= 0.6 is 11.6 Å². The van der Waals surface area contributed by atoms with E-state index >= 15 is 0 Å². The van der Waals surface area contributed by atoms with E-state index in [4.69, 9.17) is 25.8 Å². The Morgan fingerprint density at radius 2 is 1.73 bits per heavy atom. The summed E-state index contributed by atoms with van der Waals surface area (Å²) in [6.45, 7) is 5.66. The summed E-state index contributed by atoms with van der Waals surface area (Å²) in [7, 11) is -3.96. The van der Waals surface area contributed by atoms with Crippen LogP contribution in [0.4, 0.5) is 14.5 Å².